The largest absolute Gasteiger partial charge is 0.368 e. The maximum Gasteiger partial charge on any atom is 0.236 e. The van der Waals surface area contributed by atoms with Crippen LogP contribution in [0, 0.1) is 0 Å². The number of nitrogens with one attached hydrogen (secondary N) is 1. The van der Waals surface area contributed by atoms with Crippen molar-refractivity contribution in [3.63, 3.8) is 0 Å². The fourth-order valence-electron chi connectivity index (χ4n) is 1.87. The highest BCUT2D eigenvalue weighted by atomic mass is 35.5. The molecular weight excluding hydrogens is 280 g/mol. The molecule has 0 aliphatic heterocycles. The Hall–Kier alpha value is -1.79. The van der Waals surface area contributed by atoms with Gasteiger partial charge in [-0.1, -0.05) is 18.5 Å². The molecule has 20 heavy (non-hydrogen) atoms. The SMILES string of the molecule is CCNCc1cc(Cl)ccc1N(CC(N)=O)CC(N)=O. The highest BCUT2D eigenvalue weighted by Gasteiger charge is 2.15. The van der Waals surface area contributed by atoms with E-state index in [1.807, 2.05) is 6.92 Å². The minimum Gasteiger partial charge on any atom is -0.368 e. The standard InChI is InChI=1S/C13H19ClN4O2/c1-2-17-6-9-5-10(14)3-4-11(9)18(7-12(15)19)8-13(16)20/h3-5,17H,2,6-8H2,1H3,(H2,15,19)(H2,16,20). The Labute approximate surface area is 123 Å². The molecule has 2 amide bonds. The highest BCUT2D eigenvalue weighted by Crippen LogP contribution is 2.24. The van der Waals surface area contributed by atoms with E-state index in [0.717, 1.165) is 12.1 Å². The van der Waals surface area contributed by atoms with Crippen molar-refractivity contribution in [1.82, 2.24) is 5.32 Å². The Kier molecular flexibility index (Phi) is 6.27. The van der Waals surface area contributed by atoms with Crippen LogP contribution in [0.3, 0.4) is 0 Å². The van der Waals surface area contributed by atoms with Crippen molar-refractivity contribution in [2.45, 2.75) is 13.5 Å². The van der Waals surface area contributed by atoms with Gasteiger partial charge in [-0.2, -0.15) is 0 Å². The Morgan fingerprint density at radius 1 is 1.25 bits per heavy atom. The monoisotopic (exact) mass is 298 g/mol. The summed E-state index contributed by atoms with van der Waals surface area (Å²) in [6.45, 7) is 3.18. The average molecular weight is 299 g/mol. The molecule has 0 heterocycles. The summed E-state index contributed by atoms with van der Waals surface area (Å²) in [6, 6.07) is 5.23. The smallest absolute Gasteiger partial charge is 0.236 e. The van der Waals surface area contributed by atoms with Gasteiger partial charge in [-0.25, -0.2) is 0 Å². The number of carbonyl (C=O) groups is 2. The molecule has 1 aromatic rings. The molecule has 0 unspecified atom stereocenters. The van der Waals surface area contributed by atoms with Crippen molar-refractivity contribution in [1.29, 1.82) is 0 Å². The molecule has 5 N–H and O–H groups in total. The maximum atomic E-state index is 11.1. The van der Waals surface area contributed by atoms with E-state index in [1.54, 1.807) is 23.1 Å². The van der Waals surface area contributed by atoms with Crippen LogP contribution in [-0.2, 0) is 16.1 Å². The van der Waals surface area contributed by atoms with E-state index in [0.29, 0.717) is 17.3 Å². The van der Waals surface area contributed by atoms with Gasteiger partial charge in [-0.05, 0) is 30.3 Å². The summed E-state index contributed by atoms with van der Waals surface area (Å²) in [6.07, 6.45) is 0. The zero-order valence-corrected chi connectivity index (χ0v) is 12.1. The molecule has 0 spiro atoms. The van der Waals surface area contributed by atoms with Crippen LogP contribution in [-0.4, -0.2) is 31.4 Å². The van der Waals surface area contributed by atoms with Crippen LogP contribution in [0.4, 0.5) is 5.69 Å². The van der Waals surface area contributed by atoms with Gasteiger partial charge in [0.25, 0.3) is 0 Å². The summed E-state index contributed by atoms with van der Waals surface area (Å²) in [7, 11) is 0. The average Bonchev–Trinajstić information content (AvgIpc) is 2.34. The number of nitrogens with two attached hydrogens (primary N) is 2. The minimum atomic E-state index is -0.532. The Balaban J connectivity index is 3.09. The Bertz CT molecular complexity index is 477. The van der Waals surface area contributed by atoms with Gasteiger partial charge < -0.3 is 21.7 Å². The van der Waals surface area contributed by atoms with Crippen molar-refractivity contribution in [3.8, 4) is 0 Å². The summed E-state index contributed by atoms with van der Waals surface area (Å²) in [5.41, 5.74) is 12.0. The summed E-state index contributed by atoms with van der Waals surface area (Å²) < 4.78 is 0. The van der Waals surface area contributed by atoms with Crippen LogP contribution in [0.25, 0.3) is 0 Å². The molecule has 0 saturated heterocycles. The number of benzene rings is 1. The number of halogens is 1. The van der Waals surface area contributed by atoms with E-state index in [9.17, 15) is 9.59 Å². The molecule has 0 radical (unpaired) electrons. The van der Waals surface area contributed by atoms with Gasteiger partial charge in [0.15, 0.2) is 0 Å². The quantitative estimate of drug-likeness (QED) is 0.639. The van der Waals surface area contributed by atoms with E-state index < -0.39 is 11.8 Å². The number of hydrogen-bond acceptors (Lipinski definition) is 4. The molecule has 0 fully saturated rings. The number of nitrogens with zero attached hydrogens (tertiary/aromatic N) is 1. The lowest BCUT2D eigenvalue weighted by Crippen LogP contribution is -2.40. The maximum absolute atomic E-state index is 11.1. The summed E-state index contributed by atoms with van der Waals surface area (Å²) in [5.74, 6) is -1.06. The number of anilines is 1. The second-order valence-corrected chi connectivity index (χ2v) is 4.78. The number of primary amides is 2. The van der Waals surface area contributed by atoms with Gasteiger partial charge in [0.2, 0.25) is 11.8 Å². The predicted octanol–water partition coefficient (Wildman–Crippen LogP) is 0.227. The third kappa shape index (κ3) is 5.07. The molecular formula is C13H19ClN4O2. The third-order valence-corrected chi connectivity index (χ3v) is 2.88. The van der Waals surface area contributed by atoms with Crippen LogP contribution in [0.15, 0.2) is 18.2 Å². The van der Waals surface area contributed by atoms with E-state index in [4.69, 9.17) is 23.1 Å². The van der Waals surface area contributed by atoms with Gasteiger partial charge in [-0.3, -0.25) is 9.59 Å². The highest BCUT2D eigenvalue weighted by molar-refractivity contribution is 6.30. The molecule has 0 saturated carbocycles. The molecule has 0 aromatic heterocycles. The first-order chi connectivity index (χ1) is 9.43. The first-order valence-corrected chi connectivity index (χ1v) is 6.62. The van der Waals surface area contributed by atoms with Crippen molar-refractivity contribution in [2.24, 2.45) is 11.5 Å². The number of rotatable bonds is 8. The molecule has 0 aliphatic carbocycles. The van der Waals surface area contributed by atoms with Crippen LogP contribution < -0.4 is 21.7 Å². The lowest BCUT2D eigenvalue weighted by atomic mass is 10.1. The number of hydrogen-bond donors (Lipinski definition) is 3. The fraction of sp³-hybridized carbons (Fsp3) is 0.385. The Morgan fingerprint density at radius 3 is 2.35 bits per heavy atom. The van der Waals surface area contributed by atoms with Crippen molar-refractivity contribution >= 4 is 29.1 Å². The van der Waals surface area contributed by atoms with E-state index in [2.05, 4.69) is 5.32 Å². The molecule has 7 heteroatoms. The fourth-order valence-corrected chi connectivity index (χ4v) is 2.06. The first kappa shape index (κ1) is 16.3. The normalized spacial score (nSPS) is 10.3. The van der Waals surface area contributed by atoms with Crippen LogP contribution in [0.1, 0.15) is 12.5 Å². The zero-order chi connectivity index (χ0) is 15.1. The van der Waals surface area contributed by atoms with Crippen molar-refractivity contribution < 1.29 is 9.59 Å². The number of carbonyl (C=O) groups excluding carboxylic acids is 2. The van der Waals surface area contributed by atoms with Crippen LogP contribution in [0.5, 0.6) is 0 Å². The molecule has 110 valence electrons. The number of amides is 2. The topological polar surface area (TPSA) is 101 Å². The predicted molar refractivity (Wildman–Crippen MR) is 79.4 cm³/mol. The molecule has 0 bridgehead atoms. The molecule has 0 atom stereocenters. The second-order valence-electron chi connectivity index (χ2n) is 4.34. The van der Waals surface area contributed by atoms with Gasteiger partial charge in [-0.15, -0.1) is 0 Å². The van der Waals surface area contributed by atoms with Gasteiger partial charge in [0.1, 0.15) is 0 Å². The molecule has 1 aromatic carbocycles. The van der Waals surface area contributed by atoms with Gasteiger partial charge >= 0.3 is 0 Å². The Morgan fingerprint density at radius 2 is 1.85 bits per heavy atom. The summed E-state index contributed by atoms with van der Waals surface area (Å²) in [5, 5.41) is 3.76. The lowest BCUT2D eigenvalue weighted by Gasteiger charge is -2.24. The van der Waals surface area contributed by atoms with Crippen molar-refractivity contribution in [3.05, 3.63) is 28.8 Å². The summed E-state index contributed by atoms with van der Waals surface area (Å²) in [4.78, 5) is 23.8. The second kappa shape index (κ2) is 7.72. The third-order valence-electron chi connectivity index (χ3n) is 2.64. The minimum absolute atomic E-state index is 0.0797. The van der Waals surface area contributed by atoms with E-state index in [-0.39, 0.29) is 13.1 Å². The van der Waals surface area contributed by atoms with E-state index >= 15 is 0 Å². The van der Waals surface area contributed by atoms with Crippen LogP contribution >= 0.6 is 11.6 Å². The van der Waals surface area contributed by atoms with Crippen molar-refractivity contribution in [2.75, 3.05) is 24.5 Å². The molecule has 6 nitrogen and oxygen atoms in total. The van der Waals surface area contributed by atoms with Gasteiger partial charge in [0, 0.05) is 17.3 Å². The summed E-state index contributed by atoms with van der Waals surface area (Å²) >= 11 is 5.98. The van der Waals surface area contributed by atoms with Gasteiger partial charge in [0.05, 0.1) is 13.1 Å². The lowest BCUT2D eigenvalue weighted by molar-refractivity contribution is -0.117. The van der Waals surface area contributed by atoms with Crippen LogP contribution in [0.2, 0.25) is 5.02 Å². The molecule has 1 rings (SSSR count). The van der Waals surface area contributed by atoms with E-state index in [1.165, 1.54) is 0 Å². The zero-order valence-electron chi connectivity index (χ0n) is 11.4. The molecule has 0 aliphatic rings. The first-order valence-electron chi connectivity index (χ1n) is 6.24.